The van der Waals surface area contributed by atoms with Gasteiger partial charge >= 0.3 is 0 Å². The highest BCUT2D eigenvalue weighted by Crippen LogP contribution is 2.20. The van der Waals surface area contributed by atoms with E-state index in [0.717, 1.165) is 45.5 Å². The summed E-state index contributed by atoms with van der Waals surface area (Å²) in [5, 5.41) is 6.31. The van der Waals surface area contributed by atoms with Crippen molar-refractivity contribution in [2.75, 3.05) is 26.2 Å². The van der Waals surface area contributed by atoms with Crippen LogP contribution in [-0.2, 0) is 9.53 Å². The number of nitrogens with one attached hydrogen (secondary N) is 2. The normalized spacial score (nSPS) is 22.2. The van der Waals surface area contributed by atoms with Crippen LogP contribution in [-0.4, -0.2) is 38.3 Å². The van der Waals surface area contributed by atoms with Crippen molar-refractivity contribution in [3.05, 3.63) is 0 Å². The van der Waals surface area contributed by atoms with E-state index < -0.39 is 0 Å². The number of carbonyl (C=O) groups excluding carboxylic acids is 1. The molecular weight excluding hydrogens is 228 g/mol. The average molecular weight is 254 g/mol. The smallest absolute Gasteiger partial charge is 0.223 e. The molecule has 2 aliphatic rings. The van der Waals surface area contributed by atoms with E-state index in [-0.39, 0.29) is 11.8 Å². The molecule has 1 saturated carbocycles. The van der Waals surface area contributed by atoms with Gasteiger partial charge in [0.1, 0.15) is 0 Å². The third-order valence-corrected chi connectivity index (χ3v) is 3.99. The van der Waals surface area contributed by atoms with Crippen LogP contribution in [0.2, 0.25) is 0 Å². The summed E-state index contributed by atoms with van der Waals surface area (Å²) in [7, 11) is 0. The molecular formula is C14H26N2O2. The molecule has 1 saturated heterocycles. The van der Waals surface area contributed by atoms with Gasteiger partial charge < -0.3 is 15.4 Å². The number of ether oxygens (including phenoxy) is 1. The van der Waals surface area contributed by atoms with Crippen molar-refractivity contribution in [2.45, 2.75) is 51.0 Å². The maximum absolute atomic E-state index is 11.8. The van der Waals surface area contributed by atoms with E-state index in [0.29, 0.717) is 6.10 Å². The van der Waals surface area contributed by atoms with Crippen molar-refractivity contribution in [2.24, 2.45) is 5.92 Å². The Labute approximate surface area is 110 Å². The Kier molecular flexibility index (Phi) is 5.94. The minimum atomic E-state index is 0.224. The minimum Gasteiger partial charge on any atom is -0.378 e. The van der Waals surface area contributed by atoms with E-state index in [1.165, 1.54) is 25.7 Å². The van der Waals surface area contributed by atoms with Gasteiger partial charge in [0, 0.05) is 19.1 Å². The molecule has 0 aromatic carbocycles. The Balaban J connectivity index is 1.48. The molecule has 4 heteroatoms. The highest BCUT2D eigenvalue weighted by atomic mass is 16.5. The number of piperidine rings is 1. The van der Waals surface area contributed by atoms with Gasteiger partial charge in [0.15, 0.2) is 0 Å². The molecule has 4 nitrogen and oxygen atoms in total. The minimum absolute atomic E-state index is 0.224. The van der Waals surface area contributed by atoms with Crippen LogP contribution in [0.1, 0.15) is 44.9 Å². The molecule has 1 aliphatic heterocycles. The van der Waals surface area contributed by atoms with Crippen LogP contribution in [0.5, 0.6) is 0 Å². The third kappa shape index (κ3) is 4.58. The first-order chi connectivity index (χ1) is 8.86. The lowest BCUT2D eigenvalue weighted by Gasteiger charge is -2.21. The topological polar surface area (TPSA) is 50.4 Å². The Bertz CT molecular complexity index is 246. The largest absolute Gasteiger partial charge is 0.378 e. The van der Waals surface area contributed by atoms with Gasteiger partial charge in [-0.1, -0.05) is 12.8 Å². The predicted molar refractivity (Wildman–Crippen MR) is 71.4 cm³/mol. The van der Waals surface area contributed by atoms with Crippen LogP contribution in [0.15, 0.2) is 0 Å². The second-order valence-electron chi connectivity index (χ2n) is 5.45. The lowest BCUT2D eigenvalue weighted by molar-refractivity contribution is -0.125. The van der Waals surface area contributed by atoms with E-state index in [2.05, 4.69) is 10.6 Å². The zero-order valence-electron chi connectivity index (χ0n) is 11.2. The van der Waals surface area contributed by atoms with E-state index in [9.17, 15) is 4.79 Å². The van der Waals surface area contributed by atoms with Gasteiger partial charge in [-0.2, -0.15) is 0 Å². The lowest BCUT2D eigenvalue weighted by atomic mass is 9.97. The molecule has 1 aliphatic carbocycles. The standard InChI is InChI=1S/C14H26N2O2/c17-14(12-6-9-15-10-7-12)16-8-3-11-18-13-4-1-2-5-13/h12-13,15H,1-11H2,(H,16,17). The molecule has 2 N–H and O–H groups in total. The number of amides is 1. The summed E-state index contributed by atoms with van der Waals surface area (Å²) < 4.78 is 5.77. The Morgan fingerprint density at radius 2 is 1.89 bits per heavy atom. The van der Waals surface area contributed by atoms with Crippen molar-refractivity contribution >= 4 is 5.91 Å². The van der Waals surface area contributed by atoms with E-state index in [4.69, 9.17) is 4.74 Å². The molecule has 2 fully saturated rings. The van der Waals surface area contributed by atoms with Crippen LogP contribution in [0.4, 0.5) is 0 Å². The highest BCUT2D eigenvalue weighted by Gasteiger charge is 2.20. The summed E-state index contributed by atoms with van der Waals surface area (Å²) in [6.45, 7) is 3.50. The molecule has 0 aromatic rings. The van der Waals surface area contributed by atoms with Crippen LogP contribution >= 0.6 is 0 Å². The van der Waals surface area contributed by atoms with Crippen molar-refractivity contribution < 1.29 is 9.53 Å². The summed E-state index contributed by atoms with van der Waals surface area (Å²) in [6, 6.07) is 0. The van der Waals surface area contributed by atoms with E-state index in [1.807, 2.05) is 0 Å². The summed E-state index contributed by atoms with van der Waals surface area (Å²) in [5.74, 6) is 0.458. The molecule has 1 amide bonds. The summed E-state index contributed by atoms with van der Waals surface area (Å²) in [5.41, 5.74) is 0. The van der Waals surface area contributed by atoms with E-state index in [1.54, 1.807) is 0 Å². The van der Waals surface area contributed by atoms with Gasteiger partial charge in [0.2, 0.25) is 5.91 Å². The highest BCUT2D eigenvalue weighted by molar-refractivity contribution is 5.78. The van der Waals surface area contributed by atoms with Gasteiger partial charge in [-0.05, 0) is 45.2 Å². The molecule has 0 spiro atoms. The quantitative estimate of drug-likeness (QED) is 0.705. The van der Waals surface area contributed by atoms with E-state index >= 15 is 0 Å². The summed E-state index contributed by atoms with van der Waals surface area (Å²) >= 11 is 0. The second kappa shape index (κ2) is 7.74. The molecule has 0 radical (unpaired) electrons. The third-order valence-electron chi connectivity index (χ3n) is 3.99. The first-order valence-corrected chi connectivity index (χ1v) is 7.46. The molecule has 1 heterocycles. The Morgan fingerprint density at radius 3 is 2.61 bits per heavy atom. The second-order valence-corrected chi connectivity index (χ2v) is 5.45. The van der Waals surface area contributed by atoms with Crippen molar-refractivity contribution in [3.63, 3.8) is 0 Å². The first kappa shape index (κ1) is 13.8. The monoisotopic (exact) mass is 254 g/mol. The van der Waals surface area contributed by atoms with Gasteiger partial charge in [-0.25, -0.2) is 0 Å². The zero-order valence-corrected chi connectivity index (χ0v) is 11.2. The fourth-order valence-corrected chi connectivity index (χ4v) is 2.82. The summed E-state index contributed by atoms with van der Waals surface area (Å²) in [6.07, 6.45) is 8.46. The number of rotatable bonds is 6. The fraction of sp³-hybridized carbons (Fsp3) is 0.929. The lowest BCUT2D eigenvalue weighted by Crippen LogP contribution is -2.38. The SMILES string of the molecule is O=C(NCCCOC1CCCC1)C1CCNCC1. The molecule has 0 atom stereocenters. The number of hydrogen-bond donors (Lipinski definition) is 2. The van der Waals surface area contributed by atoms with Crippen molar-refractivity contribution in [3.8, 4) is 0 Å². The fourth-order valence-electron chi connectivity index (χ4n) is 2.82. The summed E-state index contributed by atoms with van der Waals surface area (Å²) in [4.78, 5) is 11.8. The van der Waals surface area contributed by atoms with Gasteiger partial charge in [0.05, 0.1) is 6.10 Å². The number of hydrogen-bond acceptors (Lipinski definition) is 3. The van der Waals surface area contributed by atoms with Crippen LogP contribution < -0.4 is 10.6 Å². The predicted octanol–water partition coefficient (Wildman–Crippen LogP) is 1.45. The maximum atomic E-state index is 11.8. The first-order valence-electron chi connectivity index (χ1n) is 7.46. The average Bonchev–Trinajstić information content (AvgIpc) is 2.92. The van der Waals surface area contributed by atoms with Crippen LogP contribution in [0.3, 0.4) is 0 Å². The molecule has 2 rings (SSSR count). The van der Waals surface area contributed by atoms with Crippen molar-refractivity contribution in [1.82, 2.24) is 10.6 Å². The number of carbonyl (C=O) groups is 1. The van der Waals surface area contributed by atoms with Gasteiger partial charge in [-0.15, -0.1) is 0 Å². The molecule has 0 unspecified atom stereocenters. The van der Waals surface area contributed by atoms with Gasteiger partial charge in [-0.3, -0.25) is 4.79 Å². The maximum Gasteiger partial charge on any atom is 0.223 e. The molecule has 0 aromatic heterocycles. The Morgan fingerprint density at radius 1 is 1.17 bits per heavy atom. The molecule has 0 bridgehead atoms. The van der Waals surface area contributed by atoms with Crippen LogP contribution in [0, 0.1) is 5.92 Å². The molecule has 104 valence electrons. The Hall–Kier alpha value is -0.610. The van der Waals surface area contributed by atoms with Gasteiger partial charge in [0.25, 0.3) is 0 Å². The van der Waals surface area contributed by atoms with Crippen LogP contribution in [0.25, 0.3) is 0 Å². The molecule has 18 heavy (non-hydrogen) atoms. The zero-order chi connectivity index (χ0) is 12.6. The van der Waals surface area contributed by atoms with Crippen molar-refractivity contribution in [1.29, 1.82) is 0 Å².